The minimum Gasteiger partial charge on any atom is -0.309 e. The van der Waals surface area contributed by atoms with Gasteiger partial charge >= 0.3 is 0 Å². The molecule has 0 aliphatic carbocycles. The van der Waals surface area contributed by atoms with Crippen LogP contribution in [0.25, 0.3) is 0 Å². The molecular weight excluding hydrogens is 237 g/mol. The van der Waals surface area contributed by atoms with Crippen LogP contribution < -0.4 is 5.32 Å². The third kappa shape index (κ3) is 2.85. The predicted molar refractivity (Wildman–Crippen MR) is 77.9 cm³/mol. The van der Waals surface area contributed by atoms with E-state index in [1.54, 1.807) is 6.07 Å². The molecule has 0 aliphatic rings. The molecule has 1 unspecified atom stereocenters. The summed E-state index contributed by atoms with van der Waals surface area (Å²) in [6.07, 6.45) is 0.995. The summed E-state index contributed by atoms with van der Waals surface area (Å²) in [6.45, 7) is 4.11. The Kier molecular flexibility index (Phi) is 4.33. The van der Waals surface area contributed by atoms with E-state index < -0.39 is 0 Å². The van der Waals surface area contributed by atoms with Gasteiger partial charge in [0.2, 0.25) is 0 Å². The van der Waals surface area contributed by atoms with E-state index in [1.807, 2.05) is 20.0 Å². The van der Waals surface area contributed by atoms with Crippen molar-refractivity contribution >= 4 is 0 Å². The molecule has 0 fully saturated rings. The van der Waals surface area contributed by atoms with E-state index in [-0.39, 0.29) is 11.9 Å². The van der Waals surface area contributed by atoms with E-state index in [9.17, 15) is 4.39 Å². The van der Waals surface area contributed by atoms with Crippen LogP contribution in [0.2, 0.25) is 0 Å². The van der Waals surface area contributed by atoms with Crippen molar-refractivity contribution in [2.75, 3.05) is 7.05 Å². The van der Waals surface area contributed by atoms with Crippen LogP contribution in [0.15, 0.2) is 42.5 Å². The largest absolute Gasteiger partial charge is 0.309 e. The highest BCUT2D eigenvalue weighted by molar-refractivity contribution is 5.40. The smallest absolute Gasteiger partial charge is 0.123 e. The van der Waals surface area contributed by atoms with E-state index in [1.165, 1.54) is 17.2 Å². The molecule has 0 saturated carbocycles. The first-order valence-corrected chi connectivity index (χ1v) is 6.68. The van der Waals surface area contributed by atoms with Crippen molar-refractivity contribution in [3.63, 3.8) is 0 Å². The lowest BCUT2D eigenvalue weighted by Gasteiger charge is -2.22. The zero-order chi connectivity index (χ0) is 13.8. The summed E-state index contributed by atoms with van der Waals surface area (Å²) < 4.78 is 13.2. The maximum absolute atomic E-state index is 13.2. The Morgan fingerprint density at radius 1 is 1.11 bits per heavy atom. The lowest BCUT2D eigenvalue weighted by atomic mass is 9.91. The van der Waals surface area contributed by atoms with Gasteiger partial charge in [0.25, 0.3) is 0 Å². The minimum atomic E-state index is -0.181. The average molecular weight is 257 g/mol. The molecule has 2 heteroatoms. The van der Waals surface area contributed by atoms with Crippen LogP contribution in [0.4, 0.5) is 4.39 Å². The van der Waals surface area contributed by atoms with Crippen molar-refractivity contribution in [3.05, 3.63) is 70.5 Å². The Morgan fingerprint density at radius 3 is 2.47 bits per heavy atom. The molecule has 1 N–H and O–H groups in total. The average Bonchev–Trinajstić information content (AvgIpc) is 2.42. The molecule has 0 saturated heterocycles. The molecule has 1 nitrogen and oxygen atoms in total. The lowest BCUT2D eigenvalue weighted by molar-refractivity contribution is 0.620. The van der Waals surface area contributed by atoms with Gasteiger partial charge < -0.3 is 5.32 Å². The first-order valence-electron chi connectivity index (χ1n) is 6.68. The zero-order valence-corrected chi connectivity index (χ0v) is 11.7. The summed E-state index contributed by atoms with van der Waals surface area (Å²) in [5.41, 5.74) is 4.70. The summed E-state index contributed by atoms with van der Waals surface area (Å²) in [5.74, 6) is -0.181. The molecule has 2 aromatic carbocycles. The van der Waals surface area contributed by atoms with Crippen LogP contribution in [-0.4, -0.2) is 7.05 Å². The van der Waals surface area contributed by atoms with E-state index in [4.69, 9.17) is 0 Å². The van der Waals surface area contributed by atoms with E-state index in [0.717, 1.165) is 17.5 Å². The summed E-state index contributed by atoms with van der Waals surface area (Å²) >= 11 is 0. The molecule has 2 aromatic rings. The lowest BCUT2D eigenvalue weighted by Crippen LogP contribution is -2.20. The summed E-state index contributed by atoms with van der Waals surface area (Å²) in [5, 5.41) is 3.35. The van der Waals surface area contributed by atoms with E-state index in [2.05, 4.69) is 36.5 Å². The Hall–Kier alpha value is -1.67. The fourth-order valence-corrected chi connectivity index (χ4v) is 2.58. The normalized spacial score (nSPS) is 12.4. The molecule has 2 rings (SSSR count). The highest BCUT2D eigenvalue weighted by Gasteiger charge is 2.16. The van der Waals surface area contributed by atoms with E-state index >= 15 is 0 Å². The molecule has 0 aromatic heterocycles. The van der Waals surface area contributed by atoms with Crippen molar-refractivity contribution in [2.24, 2.45) is 0 Å². The number of hydrogen-bond acceptors (Lipinski definition) is 1. The summed E-state index contributed by atoms with van der Waals surface area (Å²) in [6, 6.07) is 13.5. The van der Waals surface area contributed by atoms with Crippen LogP contribution in [0.5, 0.6) is 0 Å². The van der Waals surface area contributed by atoms with Crippen molar-refractivity contribution in [1.82, 2.24) is 5.32 Å². The number of nitrogens with one attached hydrogen (secondary N) is 1. The first kappa shape index (κ1) is 13.8. The third-order valence-corrected chi connectivity index (χ3v) is 3.58. The van der Waals surface area contributed by atoms with Crippen LogP contribution in [0.3, 0.4) is 0 Å². The number of rotatable bonds is 4. The van der Waals surface area contributed by atoms with Crippen LogP contribution in [-0.2, 0) is 6.42 Å². The van der Waals surface area contributed by atoms with Gasteiger partial charge in [-0.3, -0.25) is 0 Å². The number of hydrogen-bond donors (Lipinski definition) is 1. The molecule has 0 bridgehead atoms. The van der Waals surface area contributed by atoms with Crippen molar-refractivity contribution in [3.8, 4) is 0 Å². The molecular formula is C17H20FN. The predicted octanol–water partition coefficient (Wildman–Crippen LogP) is 4.01. The molecule has 0 spiro atoms. The number of benzene rings is 2. The third-order valence-electron chi connectivity index (χ3n) is 3.58. The quantitative estimate of drug-likeness (QED) is 0.872. The van der Waals surface area contributed by atoms with Crippen molar-refractivity contribution in [1.29, 1.82) is 0 Å². The fraction of sp³-hybridized carbons (Fsp3) is 0.294. The zero-order valence-electron chi connectivity index (χ0n) is 11.7. The molecule has 0 aliphatic heterocycles. The first-order chi connectivity index (χ1) is 9.17. The van der Waals surface area contributed by atoms with Gasteiger partial charge in [-0.25, -0.2) is 4.39 Å². The van der Waals surface area contributed by atoms with Gasteiger partial charge in [-0.15, -0.1) is 0 Å². The van der Waals surface area contributed by atoms with Gasteiger partial charge in [0.05, 0.1) is 6.04 Å². The van der Waals surface area contributed by atoms with E-state index in [0.29, 0.717) is 0 Å². The highest BCUT2D eigenvalue weighted by atomic mass is 19.1. The van der Waals surface area contributed by atoms with Crippen LogP contribution in [0, 0.1) is 12.7 Å². The molecule has 0 radical (unpaired) electrons. The molecule has 19 heavy (non-hydrogen) atoms. The highest BCUT2D eigenvalue weighted by Crippen LogP contribution is 2.27. The number of aryl methyl sites for hydroxylation is 2. The second kappa shape index (κ2) is 5.98. The maximum atomic E-state index is 13.2. The fourth-order valence-electron chi connectivity index (χ4n) is 2.58. The Labute approximate surface area is 114 Å². The van der Waals surface area contributed by atoms with Crippen LogP contribution >= 0.6 is 0 Å². The summed E-state index contributed by atoms with van der Waals surface area (Å²) in [7, 11) is 1.94. The molecule has 1 atom stereocenters. The number of halogens is 1. The van der Waals surface area contributed by atoms with Gasteiger partial charge in [-0.1, -0.05) is 37.3 Å². The van der Waals surface area contributed by atoms with Crippen molar-refractivity contribution in [2.45, 2.75) is 26.3 Å². The standard InChI is InChI=1S/C17H20FN/c1-4-13-7-5-6-8-16(13)17(19-3)15-10-9-14(18)11-12(15)2/h5-11,17,19H,4H2,1-3H3. The van der Waals surface area contributed by atoms with Gasteiger partial charge in [-0.05, 0) is 54.8 Å². The van der Waals surface area contributed by atoms with Gasteiger partial charge in [0, 0.05) is 0 Å². The van der Waals surface area contributed by atoms with Gasteiger partial charge in [-0.2, -0.15) is 0 Å². The Bertz CT molecular complexity index is 563. The van der Waals surface area contributed by atoms with Crippen molar-refractivity contribution < 1.29 is 4.39 Å². The maximum Gasteiger partial charge on any atom is 0.123 e. The molecule has 100 valence electrons. The minimum absolute atomic E-state index is 0.108. The second-order valence-corrected chi connectivity index (χ2v) is 4.77. The van der Waals surface area contributed by atoms with Gasteiger partial charge in [0.15, 0.2) is 0 Å². The molecule has 0 heterocycles. The molecule has 0 amide bonds. The van der Waals surface area contributed by atoms with Crippen LogP contribution in [0.1, 0.15) is 35.2 Å². The topological polar surface area (TPSA) is 12.0 Å². The SMILES string of the molecule is CCc1ccccc1C(NC)c1ccc(F)cc1C. The Morgan fingerprint density at radius 2 is 1.84 bits per heavy atom. The Balaban J connectivity index is 2.50. The summed E-state index contributed by atoms with van der Waals surface area (Å²) in [4.78, 5) is 0. The monoisotopic (exact) mass is 257 g/mol. The second-order valence-electron chi connectivity index (χ2n) is 4.77. The van der Waals surface area contributed by atoms with Gasteiger partial charge in [0.1, 0.15) is 5.82 Å².